The van der Waals surface area contributed by atoms with Crippen LogP contribution in [0.2, 0.25) is 0 Å². The molecule has 2 amide bonds. The van der Waals surface area contributed by atoms with E-state index in [-0.39, 0.29) is 17.3 Å². The van der Waals surface area contributed by atoms with Gasteiger partial charge in [0.2, 0.25) is 5.91 Å². The van der Waals surface area contributed by atoms with Gasteiger partial charge >= 0.3 is 17.7 Å². The van der Waals surface area contributed by atoms with Crippen molar-refractivity contribution < 1.29 is 18.7 Å². The summed E-state index contributed by atoms with van der Waals surface area (Å²) in [5.41, 5.74) is 2.05. The molecule has 2 heterocycles. The van der Waals surface area contributed by atoms with Crippen LogP contribution in [-0.4, -0.2) is 59.2 Å². The van der Waals surface area contributed by atoms with Gasteiger partial charge in [0.25, 0.3) is 0 Å². The fourth-order valence-electron chi connectivity index (χ4n) is 4.58. The Balaban J connectivity index is 1.62. The lowest BCUT2D eigenvalue weighted by molar-refractivity contribution is -0.131. The smallest absolute Gasteiger partial charge is 0.412 e. The Morgan fingerprint density at radius 3 is 2.36 bits per heavy atom. The number of hydrogen-bond donors (Lipinski definition) is 1. The van der Waals surface area contributed by atoms with Crippen LogP contribution in [0.4, 0.5) is 16.5 Å². The molecule has 0 saturated carbocycles. The van der Waals surface area contributed by atoms with Crippen LogP contribution in [-0.2, 0) is 22.4 Å². The molecule has 2 aromatic carbocycles. The number of aromatic nitrogens is 2. The fraction of sp³-hybridized carbons (Fsp3) is 0.344. The minimum absolute atomic E-state index is 0.0246. The van der Waals surface area contributed by atoms with E-state index in [1.165, 1.54) is 0 Å². The molecule has 0 saturated heterocycles. The molecule has 0 aliphatic rings. The number of carbonyl (C=O) groups is 2. The van der Waals surface area contributed by atoms with Crippen LogP contribution >= 0.6 is 0 Å². The van der Waals surface area contributed by atoms with E-state index in [4.69, 9.17) is 9.15 Å². The number of nitrogens with zero attached hydrogens (tertiary/aromatic N) is 4. The third-order valence-corrected chi connectivity index (χ3v) is 6.87. The van der Waals surface area contributed by atoms with Crippen molar-refractivity contribution in [2.45, 2.75) is 52.2 Å². The number of carbonyl (C=O) groups excluding carboxylic acids is 2. The van der Waals surface area contributed by atoms with Crippen molar-refractivity contribution >= 4 is 34.6 Å². The molecule has 0 spiro atoms. The van der Waals surface area contributed by atoms with E-state index in [9.17, 15) is 14.4 Å². The average Bonchev–Trinajstić information content (AvgIpc) is 2.95. The Morgan fingerprint density at radius 1 is 1.00 bits per heavy atom. The number of rotatable bonds is 9. The van der Waals surface area contributed by atoms with E-state index in [1.54, 1.807) is 76.1 Å². The summed E-state index contributed by atoms with van der Waals surface area (Å²) in [6.45, 7) is 7.52. The predicted octanol–water partition coefficient (Wildman–Crippen LogP) is 4.99. The van der Waals surface area contributed by atoms with Gasteiger partial charge in [-0.2, -0.15) is 4.98 Å². The van der Waals surface area contributed by atoms with E-state index in [2.05, 4.69) is 15.3 Å². The number of amides is 2. The molecular formula is C32H37N5O5. The first-order valence-electron chi connectivity index (χ1n) is 13.8. The molecule has 10 heteroatoms. The Hall–Kier alpha value is -4.73. The second kappa shape index (κ2) is 12.8. The topological polar surface area (TPSA) is 118 Å². The van der Waals surface area contributed by atoms with Crippen molar-refractivity contribution in [3.8, 4) is 0 Å². The third kappa shape index (κ3) is 7.51. The minimum atomic E-state index is -0.683. The van der Waals surface area contributed by atoms with Gasteiger partial charge in [0.15, 0.2) is 0 Å². The van der Waals surface area contributed by atoms with Crippen molar-refractivity contribution in [3.63, 3.8) is 0 Å². The molecule has 10 nitrogen and oxygen atoms in total. The van der Waals surface area contributed by atoms with E-state index >= 15 is 0 Å². The Bertz CT molecular complexity index is 1600. The summed E-state index contributed by atoms with van der Waals surface area (Å²) < 4.78 is 11.0. The van der Waals surface area contributed by atoms with Crippen molar-refractivity contribution in [1.29, 1.82) is 0 Å². The maximum Gasteiger partial charge on any atom is 0.412 e. The van der Waals surface area contributed by atoms with Crippen LogP contribution in [0, 0.1) is 6.92 Å². The molecule has 4 aromatic rings. The van der Waals surface area contributed by atoms with E-state index < -0.39 is 23.4 Å². The number of hydrogen-bond acceptors (Lipinski definition) is 8. The number of pyridine rings is 1. The van der Waals surface area contributed by atoms with E-state index in [0.29, 0.717) is 36.2 Å². The van der Waals surface area contributed by atoms with Crippen LogP contribution in [0.15, 0.2) is 76.2 Å². The van der Waals surface area contributed by atoms with Crippen molar-refractivity contribution in [3.05, 3.63) is 94.1 Å². The number of ether oxygens (including phenoxy) is 1. The molecule has 0 aliphatic carbocycles. The Labute approximate surface area is 245 Å². The molecule has 0 unspecified atom stereocenters. The van der Waals surface area contributed by atoms with E-state index in [0.717, 1.165) is 11.1 Å². The lowest BCUT2D eigenvalue weighted by atomic mass is 10.0. The summed E-state index contributed by atoms with van der Waals surface area (Å²) in [5.74, 6) is -0.131. The largest absolute Gasteiger partial charge is 0.444 e. The highest BCUT2D eigenvalue weighted by Gasteiger charge is 2.30. The quantitative estimate of drug-likeness (QED) is 0.299. The second-order valence-electron chi connectivity index (χ2n) is 11.2. The summed E-state index contributed by atoms with van der Waals surface area (Å²) in [7, 11) is 3.46. The van der Waals surface area contributed by atoms with E-state index in [1.807, 2.05) is 42.5 Å². The van der Waals surface area contributed by atoms with Crippen molar-refractivity contribution in [2.24, 2.45) is 0 Å². The normalized spacial score (nSPS) is 12.0. The van der Waals surface area contributed by atoms with Gasteiger partial charge in [-0.05, 0) is 75.1 Å². The van der Waals surface area contributed by atoms with Crippen LogP contribution in [0.3, 0.4) is 0 Å². The molecule has 1 N–H and O–H groups in total. The lowest BCUT2D eigenvalue weighted by Gasteiger charge is -2.30. The average molecular weight is 572 g/mol. The second-order valence-corrected chi connectivity index (χ2v) is 11.2. The van der Waals surface area contributed by atoms with Crippen LogP contribution in [0.25, 0.3) is 10.9 Å². The molecule has 0 aliphatic heterocycles. The number of nitrogens with one attached hydrogen (secondary N) is 1. The summed E-state index contributed by atoms with van der Waals surface area (Å²) in [5, 5.41) is 2.92. The molecular weight excluding hydrogens is 534 g/mol. The molecule has 4 rings (SSSR count). The Morgan fingerprint density at radius 2 is 1.69 bits per heavy atom. The zero-order chi connectivity index (χ0) is 30.4. The number of likely N-dealkylation sites (N-methyl/N-ethyl adjacent to an activating group) is 2. The Kier molecular flexibility index (Phi) is 9.25. The van der Waals surface area contributed by atoms with Crippen LogP contribution < -0.4 is 15.8 Å². The first-order valence-corrected chi connectivity index (χ1v) is 13.8. The maximum atomic E-state index is 13.8. The highest BCUT2D eigenvalue weighted by atomic mass is 16.6. The van der Waals surface area contributed by atoms with Gasteiger partial charge in [0.1, 0.15) is 11.6 Å². The van der Waals surface area contributed by atoms with Crippen molar-refractivity contribution in [2.75, 3.05) is 30.9 Å². The van der Waals surface area contributed by atoms with Crippen LogP contribution in [0.1, 0.15) is 37.5 Å². The molecule has 220 valence electrons. The summed E-state index contributed by atoms with van der Waals surface area (Å²) >= 11 is 0. The molecule has 42 heavy (non-hydrogen) atoms. The first kappa shape index (κ1) is 30.2. The maximum absolute atomic E-state index is 13.8. The van der Waals surface area contributed by atoms with Crippen LogP contribution in [0.5, 0.6) is 0 Å². The molecule has 0 fully saturated rings. The van der Waals surface area contributed by atoms with Gasteiger partial charge in [-0.25, -0.2) is 9.59 Å². The van der Waals surface area contributed by atoms with Crippen molar-refractivity contribution in [1.82, 2.24) is 14.9 Å². The zero-order valence-electron chi connectivity index (χ0n) is 24.9. The fourth-order valence-corrected chi connectivity index (χ4v) is 4.58. The molecule has 2 aromatic heterocycles. The number of anilines is 2. The number of aryl methyl sites for hydroxylation is 1. The minimum Gasteiger partial charge on any atom is -0.444 e. The SMILES string of the molecule is Cc1c(NC(=O)OC(C)(C)C)ccc2nc(N(C)[C@@H](Cc3ccccc3)C(=O)N(C)CCc3ccncc3)oc(=O)c12. The summed E-state index contributed by atoms with van der Waals surface area (Å²) in [6, 6.07) is 16.2. The third-order valence-electron chi connectivity index (χ3n) is 6.87. The molecule has 1 atom stereocenters. The number of benzene rings is 2. The summed E-state index contributed by atoms with van der Waals surface area (Å²) in [4.78, 5) is 51.3. The summed E-state index contributed by atoms with van der Waals surface area (Å²) in [6.07, 6.45) is 3.89. The number of fused-ring (bicyclic) bond motifs is 1. The van der Waals surface area contributed by atoms with Gasteiger partial charge in [-0.15, -0.1) is 0 Å². The molecule has 0 bridgehead atoms. The zero-order valence-corrected chi connectivity index (χ0v) is 24.9. The van der Waals surface area contributed by atoms with Gasteiger partial charge in [0.05, 0.1) is 10.9 Å². The monoisotopic (exact) mass is 571 g/mol. The van der Waals surface area contributed by atoms with Gasteiger partial charge in [-0.1, -0.05) is 30.3 Å². The van der Waals surface area contributed by atoms with Gasteiger partial charge < -0.3 is 19.0 Å². The predicted molar refractivity (Wildman–Crippen MR) is 163 cm³/mol. The molecule has 0 radical (unpaired) electrons. The highest BCUT2D eigenvalue weighted by molar-refractivity contribution is 5.93. The first-order chi connectivity index (χ1) is 19.9. The van der Waals surface area contributed by atoms with Gasteiger partial charge in [0, 0.05) is 45.1 Å². The standard InChI is InChI=1S/C32H37N5O5/c1-21-24(35-31(40)42-32(2,3)4)12-13-25-27(21)29(39)41-30(34-25)37(6)26(20-23-10-8-7-9-11-23)28(38)36(5)19-16-22-14-17-33-18-15-22/h7-15,17-18,26H,16,19-20H2,1-6H3,(H,35,40)/t26-/m0/s1. The highest BCUT2D eigenvalue weighted by Crippen LogP contribution is 2.25. The van der Waals surface area contributed by atoms with Gasteiger partial charge in [-0.3, -0.25) is 15.1 Å². The lowest BCUT2D eigenvalue weighted by Crippen LogP contribution is -2.48.